The van der Waals surface area contributed by atoms with Crippen LogP contribution in [0.2, 0.25) is 0 Å². The molecule has 2 aromatic rings. The number of guanidine groups is 1. The van der Waals surface area contributed by atoms with E-state index in [1.165, 1.54) is 10.4 Å². The predicted octanol–water partition coefficient (Wildman–Crippen LogP) is 4.20. The molecule has 2 rings (SSSR count). The second-order valence-corrected chi connectivity index (χ2v) is 6.10. The van der Waals surface area contributed by atoms with E-state index in [1.54, 1.807) is 11.3 Å². The number of hydrogen-bond donors (Lipinski definition) is 2. The Morgan fingerprint density at radius 1 is 1.17 bits per heavy atom. The Morgan fingerprint density at radius 2 is 1.91 bits per heavy atom. The molecule has 0 saturated heterocycles. The highest BCUT2D eigenvalue weighted by Gasteiger charge is 2.09. The molecule has 0 aliphatic carbocycles. The lowest BCUT2D eigenvalue weighted by Crippen LogP contribution is -2.37. The van der Waals surface area contributed by atoms with Gasteiger partial charge in [-0.05, 0) is 20.3 Å². The number of nitrogens with zero attached hydrogens (tertiary/aromatic N) is 2. The maximum Gasteiger partial charge on any atom is 0.191 e. The standard InChI is InChI=1S/C17H24N4S.HI/c1-4-11-19-17(18-5-2)20-12-15-13(3)21-16(22-15)14-9-7-6-8-10-14;/h6-10H,4-5,11-12H2,1-3H3,(H2,18,19,20);1H. The smallest absolute Gasteiger partial charge is 0.191 e. The molecule has 1 aromatic carbocycles. The highest BCUT2D eigenvalue weighted by atomic mass is 127. The number of aliphatic imine (C=N–C) groups is 1. The topological polar surface area (TPSA) is 49.3 Å². The molecule has 0 fully saturated rings. The molecule has 23 heavy (non-hydrogen) atoms. The van der Waals surface area contributed by atoms with Crippen LogP contribution >= 0.6 is 35.3 Å². The number of benzene rings is 1. The first kappa shape index (κ1) is 19.9. The largest absolute Gasteiger partial charge is 0.357 e. The van der Waals surface area contributed by atoms with Crippen molar-refractivity contribution < 1.29 is 0 Å². The summed E-state index contributed by atoms with van der Waals surface area (Å²) in [6.45, 7) is 8.75. The van der Waals surface area contributed by atoms with Gasteiger partial charge < -0.3 is 10.6 Å². The van der Waals surface area contributed by atoms with Crippen molar-refractivity contribution in [3.05, 3.63) is 40.9 Å². The molecule has 0 atom stereocenters. The van der Waals surface area contributed by atoms with Crippen LogP contribution in [0.3, 0.4) is 0 Å². The molecular weight excluding hydrogens is 419 g/mol. The average Bonchev–Trinajstić information content (AvgIpc) is 2.92. The molecule has 0 saturated carbocycles. The van der Waals surface area contributed by atoms with Crippen LogP contribution in [-0.4, -0.2) is 24.0 Å². The third-order valence-electron chi connectivity index (χ3n) is 3.18. The van der Waals surface area contributed by atoms with Crippen LogP contribution in [0.5, 0.6) is 0 Å². The van der Waals surface area contributed by atoms with E-state index < -0.39 is 0 Å². The minimum atomic E-state index is 0. The van der Waals surface area contributed by atoms with Gasteiger partial charge in [-0.2, -0.15) is 0 Å². The number of rotatable bonds is 6. The zero-order valence-electron chi connectivity index (χ0n) is 13.9. The van der Waals surface area contributed by atoms with Gasteiger partial charge in [-0.25, -0.2) is 9.98 Å². The third kappa shape index (κ3) is 6.10. The van der Waals surface area contributed by atoms with Crippen molar-refractivity contribution >= 4 is 41.3 Å². The van der Waals surface area contributed by atoms with E-state index in [2.05, 4.69) is 53.5 Å². The zero-order valence-corrected chi connectivity index (χ0v) is 17.1. The van der Waals surface area contributed by atoms with Gasteiger partial charge in [0.25, 0.3) is 0 Å². The fourth-order valence-corrected chi connectivity index (χ4v) is 3.01. The van der Waals surface area contributed by atoms with Crippen LogP contribution < -0.4 is 10.6 Å². The minimum absolute atomic E-state index is 0. The Balaban J connectivity index is 0.00000264. The fourth-order valence-electron chi connectivity index (χ4n) is 2.01. The van der Waals surface area contributed by atoms with Gasteiger partial charge in [0.2, 0.25) is 0 Å². The van der Waals surface area contributed by atoms with Crippen molar-refractivity contribution in [3.63, 3.8) is 0 Å². The Labute approximate surface area is 159 Å². The molecule has 0 amide bonds. The Kier molecular flexibility index (Phi) is 9.16. The Bertz CT molecular complexity index is 610. The summed E-state index contributed by atoms with van der Waals surface area (Å²) in [5.41, 5.74) is 2.24. The molecule has 0 aliphatic rings. The first-order chi connectivity index (χ1) is 10.7. The van der Waals surface area contributed by atoms with E-state index in [1.807, 2.05) is 18.2 Å². The van der Waals surface area contributed by atoms with E-state index in [9.17, 15) is 0 Å². The van der Waals surface area contributed by atoms with Crippen molar-refractivity contribution in [3.8, 4) is 10.6 Å². The lowest BCUT2D eigenvalue weighted by molar-refractivity contribution is 0.786. The van der Waals surface area contributed by atoms with Crippen molar-refractivity contribution in [2.24, 2.45) is 4.99 Å². The molecule has 6 heteroatoms. The zero-order chi connectivity index (χ0) is 15.8. The highest BCUT2D eigenvalue weighted by Crippen LogP contribution is 2.28. The minimum Gasteiger partial charge on any atom is -0.357 e. The van der Waals surface area contributed by atoms with Gasteiger partial charge in [-0.1, -0.05) is 37.3 Å². The summed E-state index contributed by atoms with van der Waals surface area (Å²) < 4.78 is 0. The van der Waals surface area contributed by atoms with E-state index >= 15 is 0 Å². The first-order valence-corrected chi connectivity index (χ1v) is 8.60. The van der Waals surface area contributed by atoms with Gasteiger partial charge in [0.15, 0.2) is 5.96 Å². The van der Waals surface area contributed by atoms with Gasteiger partial charge >= 0.3 is 0 Å². The van der Waals surface area contributed by atoms with Gasteiger partial charge in [0.1, 0.15) is 5.01 Å². The molecule has 0 unspecified atom stereocenters. The van der Waals surface area contributed by atoms with E-state index in [4.69, 9.17) is 0 Å². The summed E-state index contributed by atoms with van der Waals surface area (Å²) in [5.74, 6) is 0.874. The molecule has 0 radical (unpaired) electrons. The number of halogens is 1. The summed E-state index contributed by atoms with van der Waals surface area (Å²) in [5, 5.41) is 7.66. The van der Waals surface area contributed by atoms with Crippen molar-refractivity contribution in [2.45, 2.75) is 33.7 Å². The lowest BCUT2D eigenvalue weighted by Gasteiger charge is -2.09. The summed E-state index contributed by atoms with van der Waals surface area (Å²) in [7, 11) is 0. The summed E-state index contributed by atoms with van der Waals surface area (Å²) >= 11 is 1.72. The Hall–Kier alpha value is -1.15. The maximum atomic E-state index is 4.68. The Morgan fingerprint density at radius 3 is 2.57 bits per heavy atom. The van der Waals surface area contributed by atoms with Gasteiger partial charge in [0, 0.05) is 23.5 Å². The fraction of sp³-hybridized carbons (Fsp3) is 0.412. The summed E-state index contributed by atoms with van der Waals surface area (Å²) in [6.07, 6.45) is 1.09. The SMILES string of the molecule is CCCNC(=NCc1sc(-c2ccccc2)nc1C)NCC.I. The van der Waals surface area contributed by atoms with Crippen molar-refractivity contribution in [2.75, 3.05) is 13.1 Å². The first-order valence-electron chi connectivity index (χ1n) is 7.78. The van der Waals surface area contributed by atoms with Crippen LogP contribution in [0, 0.1) is 6.92 Å². The number of aryl methyl sites for hydroxylation is 1. The number of aromatic nitrogens is 1. The molecule has 0 spiro atoms. The van der Waals surface area contributed by atoms with E-state index in [-0.39, 0.29) is 24.0 Å². The predicted molar refractivity (Wildman–Crippen MR) is 111 cm³/mol. The molecule has 0 aliphatic heterocycles. The quantitative estimate of drug-likeness (QED) is 0.399. The van der Waals surface area contributed by atoms with E-state index in [0.717, 1.165) is 36.2 Å². The molecule has 4 nitrogen and oxygen atoms in total. The molecule has 1 heterocycles. The molecule has 126 valence electrons. The van der Waals surface area contributed by atoms with Gasteiger partial charge in [0.05, 0.1) is 12.2 Å². The van der Waals surface area contributed by atoms with E-state index in [0.29, 0.717) is 6.54 Å². The summed E-state index contributed by atoms with van der Waals surface area (Å²) in [4.78, 5) is 10.5. The van der Waals surface area contributed by atoms with Crippen molar-refractivity contribution in [1.82, 2.24) is 15.6 Å². The highest BCUT2D eigenvalue weighted by molar-refractivity contribution is 14.0. The van der Waals surface area contributed by atoms with Crippen LogP contribution in [0.1, 0.15) is 30.8 Å². The summed E-state index contributed by atoms with van der Waals surface area (Å²) in [6, 6.07) is 10.3. The third-order valence-corrected chi connectivity index (χ3v) is 4.37. The van der Waals surface area contributed by atoms with Crippen molar-refractivity contribution in [1.29, 1.82) is 0 Å². The van der Waals surface area contributed by atoms with Gasteiger partial charge in [-0.3, -0.25) is 0 Å². The molecule has 2 N–H and O–H groups in total. The number of nitrogens with one attached hydrogen (secondary N) is 2. The molecule has 0 bridgehead atoms. The second kappa shape index (κ2) is 10.6. The van der Waals surface area contributed by atoms with Crippen LogP contribution in [0.15, 0.2) is 35.3 Å². The lowest BCUT2D eigenvalue weighted by atomic mass is 10.2. The molecule has 1 aromatic heterocycles. The average molecular weight is 444 g/mol. The van der Waals surface area contributed by atoms with Crippen LogP contribution in [0.25, 0.3) is 10.6 Å². The number of hydrogen-bond acceptors (Lipinski definition) is 3. The van der Waals surface area contributed by atoms with Gasteiger partial charge in [-0.15, -0.1) is 35.3 Å². The normalized spacial score (nSPS) is 11.0. The number of thiazole rings is 1. The van der Waals surface area contributed by atoms with Crippen LogP contribution in [-0.2, 0) is 6.54 Å². The second-order valence-electron chi connectivity index (χ2n) is 5.02. The van der Waals surface area contributed by atoms with Crippen LogP contribution in [0.4, 0.5) is 0 Å². The maximum absolute atomic E-state index is 4.68. The molecular formula is C17H25IN4S. The monoisotopic (exact) mass is 444 g/mol.